The maximum absolute atomic E-state index is 9.63. The Morgan fingerprint density at radius 2 is 1.20 bits per heavy atom. The van der Waals surface area contributed by atoms with Crippen molar-refractivity contribution in [1.29, 1.82) is 5.26 Å². The third kappa shape index (κ3) is 15.5. The van der Waals surface area contributed by atoms with Crippen LogP contribution in [0.2, 0.25) is 0 Å². The molecule has 0 saturated heterocycles. The van der Waals surface area contributed by atoms with Crippen LogP contribution in [0.4, 0.5) is 0 Å². The normalized spacial score (nSPS) is 10.7. The molecule has 0 saturated carbocycles. The Balaban J connectivity index is -0.0000000626. The third-order valence-electron chi connectivity index (χ3n) is 0.782. The first-order chi connectivity index (χ1) is 5.46. The van der Waals surface area contributed by atoms with E-state index in [2.05, 4.69) is 0 Å². The Morgan fingerprint density at radius 3 is 1.27 bits per heavy atom. The van der Waals surface area contributed by atoms with Crippen LogP contribution in [-0.2, 0) is 26.7 Å². The average molecular weight is 292 g/mol. The minimum absolute atomic E-state index is 0. The zero-order valence-electron chi connectivity index (χ0n) is 7.98. The summed E-state index contributed by atoms with van der Waals surface area (Å²) in [5, 5.41) is 42.0. The molecule has 2 N–H and O–H groups in total. The molecule has 0 heterocycles. The summed E-state index contributed by atoms with van der Waals surface area (Å²) in [6.07, 6.45) is -4.88. The van der Waals surface area contributed by atoms with E-state index in [1.165, 1.54) is 0 Å². The van der Waals surface area contributed by atoms with Crippen LogP contribution >= 0.6 is 0 Å². The Bertz CT molecular complexity index is 185. The predicted molar refractivity (Wildman–Crippen MR) is 27.0 cm³/mol. The van der Waals surface area contributed by atoms with Gasteiger partial charge in [-0.2, -0.15) is 0 Å². The quantitative estimate of drug-likeness (QED) is 0.388. The van der Waals surface area contributed by atoms with Crippen LogP contribution in [0.15, 0.2) is 0 Å². The van der Waals surface area contributed by atoms with Crippen LogP contribution in [0, 0.1) is 11.8 Å². The molecule has 10 heteroatoms. The SMILES string of the molecule is O=C([O-])C(O)C(O)C(=O)[O-].[C-]#N.[Fe].[K+].[Na+]. The minimum Gasteiger partial charge on any atom is -0.547 e. The molecule has 0 aliphatic heterocycles. The molecule has 0 radical (unpaired) electrons. The molecule has 2 atom stereocenters. The van der Waals surface area contributed by atoms with Crippen LogP contribution in [0.25, 0.3) is 0 Å². The number of aliphatic hydroxyl groups excluding tert-OH is 2. The number of carbonyl (C=O) groups is 2. The number of aliphatic hydroxyl groups is 2. The van der Waals surface area contributed by atoms with Crippen molar-refractivity contribution in [3.63, 3.8) is 0 Å². The van der Waals surface area contributed by atoms with Gasteiger partial charge in [0, 0.05) is 17.1 Å². The average Bonchev–Trinajstić information content (AvgIpc) is 2.05. The molecule has 0 aliphatic carbocycles. The molecule has 15 heavy (non-hydrogen) atoms. The summed E-state index contributed by atoms with van der Waals surface area (Å²) in [4.78, 5) is 19.3. The Hall–Kier alpha value is 1.51. The molecule has 0 bridgehead atoms. The van der Waals surface area contributed by atoms with Crippen LogP contribution in [0.1, 0.15) is 0 Å². The number of carboxylic acid groups (broad SMARTS) is 2. The fourth-order valence-electron chi connectivity index (χ4n) is 0.258. The summed E-state index contributed by atoms with van der Waals surface area (Å²) in [5.41, 5.74) is 0. The molecule has 0 aromatic heterocycles. The maximum atomic E-state index is 9.63. The van der Waals surface area contributed by atoms with Gasteiger partial charge in [0.25, 0.3) is 0 Å². The number of carbonyl (C=O) groups excluding carboxylic acids is 2. The monoisotopic (exact) mass is 292 g/mol. The molecule has 7 nitrogen and oxygen atoms in total. The first kappa shape index (κ1) is 30.0. The molecule has 0 amide bonds. The number of hydrogen-bond acceptors (Lipinski definition) is 7. The van der Waals surface area contributed by atoms with E-state index in [1.807, 2.05) is 0 Å². The van der Waals surface area contributed by atoms with Crippen molar-refractivity contribution in [2.45, 2.75) is 12.2 Å². The van der Waals surface area contributed by atoms with Gasteiger partial charge in [-0.05, 0) is 0 Å². The minimum atomic E-state index is -2.44. The van der Waals surface area contributed by atoms with Gasteiger partial charge in [0.1, 0.15) is 12.2 Å². The van der Waals surface area contributed by atoms with Crippen molar-refractivity contribution >= 4 is 11.9 Å². The second kappa shape index (κ2) is 17.9. The Labute approximate surface area is 161 Å². The van der Waals surface area contributed by atoms with Gasteiger partial charge in [0.15, 0.2) is 0 Å². The van der Waals surface area contributed by atoms with Crippen LogP contribution in [0.5, 0.6) is 0 Å². The van der Waals surface area contributed by atoms with Crippen molar-refractivity contribution in [2.75, 3.05) is 0 Å². The van der Waals surface area contributed by atoms with E-state index in [-0.39, 0.29) is 98.0 Å². The standard InChI is InChI=1S/C4H6O6.CN.Fe.K.Na/c5-1(3(7)8)2(6)4(9)10;1-2;;;/h1-2,5-6H,(H,7,8)(H,9,10);;;;/q;-1;;2*+1/p-2. The van der Waals surface area contributed by atoms with Gasteiger partial charge in [-0.25, -0.2) is 0 Å². The zero-order valence-corrected chi connectivity index (χ0v) is 14.2. The van der Waals surface area contributed by atoms with Crippen molar-refractivity contribution in [2.24, 2.45) is 0 Å². The van der Waals surface area contributed by atoms with Gasteiger partial charge in [-0.15, -0.1) is 0 Å². The molecule has 0 aliphatic rings. The van der Waals surface area contributed by atoms with E-state index in [4.69, 9.17) is 22.0 Å². The fourth-order valence-corrected chi connectivity index (χ4v) is 0.258. The van der Waals surface area contributed by atoms with Gasteiger partial charge in [-0.3, -0.25) is 0 Å². The van der Waals surface area contributed by atoms with Crippen LogP contribution in [0.3, 0.4) is 0 Å². The van der Waals surface area contributed by atoms with E-state index >= 15 is 0 Å². The van der Waals surface area contributed by atoms with E-state index in [0.717, 1.165) is 0 Å². The predicted octanol–water partition coefficient (Wildman–Crippen LogP) is -10.7. The van der Waals surface area contributed by atoms with Gasteiger partial charge in [0.2, 0.25) is 0 Å². The maximum Gasteiger partial charge on any atom is 1.00 e. The summed E-state index contributed by atoms with van der Waals surface area (Å²) in [7, 11) is 0. The van der Waals surface area contributed by atoms with Crippen molar-refractivity contribution in [3.8, 4) is 0 Å². The first-order valence-electron chi connectivity index (χ1n) is 2.47. The molecule has 0 aromatic rings. The number of hydrogen-bond donors (Lipinski definition) is 2. The van der Waals surface area contributed by atoms with E-state index < -0.39 is 24.1 Å². The molecule has 0 fully saturated rings. The fraction of sp³-hybridized carbons (Fsp3) is 0.400. The second-order valence-corrected chi connectivity index (χ2v) is 1.53. The molecule has 0 spiro atoms. The van der Waals surface area contributed by atoms with Crippen molar-refractivity contribution in [3.05, 3.63) is 6.57 Å². The van der Waals surface area contributed by atoms with Crippen molar-refractivity contribution in [1.82, 2.24) is 0 Å². The number of carboxylic acids is 2. The summed E-state index contributed by atoms with van der Waals surface area (Å²) in [6.45, 7) is 4.75. The zero-order chi connectivity index (χ0) is 10.3. The van der Waals surface area contributed by atoms with Gasteiger partial charge in [-0.1, -0.05) is 0 Å². The van der Waals surface area contributed by atoms with Crippen LogP contribution in [-0.4, -0.2) is 34.4 Å². The van der Waals surface area contributed by atoms with Crippen LogP contribution < -0.4 is 91.2 Å². The topological polar surface area (TPSA) is 145 Å². The van der Waals surface area contributed by atoms with E-state index in [0.29, 0.717) is 0 Å². The largest absolute Gasteiger partial charge is 1.00 e. The molecule has 0 rings (SSSR count). The molecule has 0 aromatic carbocycles. The Morgan fingerprint density at radius 1 is 1.07 bits per heavy atom. The van der Waals surface area contributed by atoms with E-state index in [9.17, 15) is 19.8 Å². The number of rotatable bonds is 3. The third-order valence-corrected chi connectivity index (χ3v) is 0.782. The van der Waals surface area contributed by atoms with Crippen molar-refractivity contribution < 1.29 is 128 Å². The Kier molecular flexibility index (Phi) is 35.7. The first-order valence-corrected chi connectivity index (χ1v) is 2.47. The number of aliphatic carboxylic acids is 2. The summed E-state index contributed by atoms with van der Waals surface area (Å²) >= 11 is 0. The molecular weight excluding hydrogens is 288 g/mol. The van der Waals surface area contributed by atoms with Gasteiger partial charge >= 0.3 is 80.9 Å². The number of nitrogens with zero attached hydrogens (tertiary/aromatic N) is 1. The second-order valence-electron chi connectivity index (χ2n) is 1.53. The smallest absolute Gasteiger partial charge is 0.547 e. The molecular formula is C5H4FeKNNaO6-. The summed E-state index contributed by atoms with van der Waals surface area (Å²) in [5.74, 6) is -4.12. The van der Waals surface area contributed by atoms with E-state index in [1.54, 1.807) is 0 Å². The molecule has 76 valence electrons. The summed E-state index contributed by atoms with van der Waals surface area (Å²) < 4.78 is 0. The molecule has 2 unspecified atom stereocenters. The van der Waals surface area contributed by atoms with Gasteiger partial charge in [0.05, 0.1) is 11.9 Å². The summed E-state index contributed by atoms with van der Waals surface area (Å²) in [6, 6.07) is 0. The van der Waals surface area contributed by atoms with Gasteiger partial charge < -0.3 is 41.8 Å².